The molecule has 0 aliphatic rings. The highest BCUT2D eigenvalue weighted by Crippen LogP contribution is 2.27. The third-order valence-corrected chi connectivity index (χ3v) is 3.56. The summed E-state index contributed by atoms with van der Waals surface area (Å²) < 4.78 is 5.37. The van der Waals surface area contributed by atoms with E-state index in [2.05, 4.69) is 20.1 Å². The number of benzene rings is 1. The van der Waals surface area contributed by atoms with Crippen LogP contribution in [0.3, 0.4) is 0 Å². The normalized spacial score (nSPS) is 11.1. The summed E-state index contributed by atoms with van der Waals surface area (Å²) in [6.45, 7) is 1.96. The van der Waals surface area contributed by atoms with Gasteiger partial charge in [0.15, 0.2) is 0 Å². The van der Waals surface area contributed by atoms with Crippen molar-refractivity contribution < 1.29 is 4.52 Å². The topological polar surface area (TPSA) is 93.6 Å². The third-order valence-electron chi connectivity index (χ3n) is 3.56. The molecule has 3 aromatic heterocycles. The fourth-order valence-electron chi connectivity index (χ4n) is 2.46. The molecule has 3 heterocycles. The molecule has 22 heavy (non-hydrogen) atoms. The van der Waals surface area contributed by atoms with Gasteiger partial charge in [0.05, 0.1) is 5.39 Å². The molecule has 0 aliphatic carbocycles. The van der Waals surface area contributed by atoms with Gasteiger partial charge in [0, 0.05) is 17.8 Å². The zero-order valence-electron chi connectivity index (χ0n) is 11.9. The van der Waals surface area contributed by atoms with Gasteiger partial charge < -0.3 is 15.2 Å². The van der Waals surface area contributed by atoms with E-state index in [1.165, 1.54) is 0 Å². The predicted molar refractivity (Wildman–Crippen MR) is 84.0 cm³/mol. The number of fused-ring (bicyclic) bond motifs is 1. The summed E-state index contributed by atoms with van der Waals surface area (Å²) in [5, 5.41) is 4.91. The minimum atomic E-state index is 0.418. The fourth-order valence-corrected chi connectivity index (χ4v) is 2.46. The molecular weight excluding hydrogens is 278 g/mol. The van der Waals surface area contributed by atoms with Gasteiger partial charge in [-0.2, -0.15) is 0 Å². The number of hydrogen-bond donors (Lipinski definition) is 2. The van der Waals surface area contributed by atoms with Gasteiger partial charge in [-0.05, 0) is 12.5 Å². The number of H-pyrrole nitrogens is 1. The van der Waals surface area contributed by atoms with Crippen molar-refractivity contribution in [2.45, 2.75) is 6.92 Å². The van der Waals surface area contributed by atoms with Gasteiger partial charge in [0.2, 0.25) is 11.6 Å². The molecule has 0 fully saturated rings. The zero-order chi connectivity index (χ0) is 15.1. The molecule has 0 atom stereocenters. The lowest BCUT2D eigenvalue weighted by Gasteiger charge is -1.99. The second-order valence-corrected chi connectivity index (χ2v) is 5.07. The number of aromatic amines is 1. The van der Waals surface area contributed by atoms with E-state index in [1.54, 1.807) is 0 Å². The van der Waals surface area contributed by atoms with Crippen molar-refractivity contribution >= 4 is 16.9 Å². The van der Waals surface area contributed by atoms with Crippen LogP contribution in [0.1, 0.15) is 5.56 Å². The summed E-state index contributed by atoms with van der Waals surface area (Å²) in [6.07, 6.45) is 1.86. The number of anilines is 1. The van der Waals surface area contributed by atoms with Gasteiger partial charge in [0.25, 0.3) is 0 Å². The molecule has 0 bridgehead atoms. The average molecular weight is 291 g/mol. The Morgan fingerprint density at radius 1 is 1.14 bits per heavy atom. The smallest absolute Gasteiger partial charge is 0.204 e. The van der Waals surface area contributed by atoms with Crippen molar-refractivity contribution in [3.05, 3.63) is 48.2 Å². The lowest BCUT2D eigenvalue weighted by molar-refractivity contribution is 0.432. The molecule has 0 saturated carbocycles. The molecule has 4 rings (SSSR count). The van der Waals surface area contributed by atoms with Crippen molar-refractivity contribution in [1.29, 1.82) is 0 Å². The summed E-state index contributed by atoms with van der Waals surface area (Å²) in [6, 6.07) is 11.6. The van der Waals surface area contributed by atoms with Crippen molar-refractivity contribution in [3.8, 4) is 22.8 Å². The molecule has 0 radical (unpaired) electrons. The maximum Gasteiger partial charge on any atom is 0.204 e. The minimum absolute atomic E-state index is 0.418. The van der Waals surface area contributed by atoms with Gasteiger partial charge in [-0.3, -0.25) is 0 Å². The van der Waals surface area contributed by atoms with Crippen LogP contribution in [0.25, 0.3) is 33.9 Å². The Hall–Kier alpha value is -3.15. The Morgan fingerprint density at radius 2 is 1.95 bits per heavy atom. The first kappa shape index (κ1) is 12.6. The Balaban J connectivity index is 1.81. The SMILES string of the molecule is Cc1c[nH]c2nc(-c3cc(-c4ccccc4)no3)nc(N)c12. The molecule has 4 aromatic rings. The highest BCUT2D eigenvalue weighted by Gasteiger charge is 2.15. The molecule has 1 aromatic carbocycles. The Labute approximate surface area is 126 Å². The van der Waals surface area contributed by atoms with E-state index in [-0.39, 0.29) is 0 Å². The minimum Gasteiger partial charge on any atom is -0.383 e. The van der Waals surface area contributed by atoms with Gasteiger partial charge in [-0.15, -0.1) is 0 Å². The molecule has 0 aliphatic heterocycles. The molecule has 3 N–H and O–H groups in total. The van der Waals surface area contributed by atoms with Crippen LogP contribution in [0.4, 0.5) is 5.82 Å². The fraction of sp³-hybridized carbons (Fsp3) is 0.0625. The van der Waals surface area contributed by atoms with E-state index in [0.29, 0.717) is 23.0 Å². The number of hydrogen-bond acceptors (Lipinski definition) is 5. The lowest BCUT2D eigenvalue weighted by Crippen LogP contribution is -1.96. The zero-order valence-corrected chi connectivity index (χ0v) is 11.9. The van der Waals surface area contributed by atoms with Crippen LogP contribution in [0, 0.1) is 6.92 Å². The quantitative estimate of drug-likeness (QED) is 0.591. The van der Waals surface area contributed by atoms with Crippen LogP contribution in [0.5, 0.6) is 0 Å². The molecule has 108 valence electrons. The molecule has 0 unspecified atom stereocenters. The van der Waals surface area contributed by atoms with Gasteiger partial charge in [-0.25, -0.2) is 9.97 Å². The average Bonchev–Trinajstić information content (AvgIpc) is 3.16. The maximum atomic E-state index is 6.02. The van der Waals surface area contributed by atoms with Crippen LogP contribution < -0.4 is 5.73 Å². The van der Waals surface area contributed by atoms with Crippen molar-refractivity contribution in [2.75, 3.05) is 5.73 Å². The first-order valence-corrected chi connectivity index (χ1v) is 6.86. The Bertz CT molecular complexity index is 955. The van der Waals surface area contributed by atoms with Crippen molar-refractivity contribution in [2.24, 2.45) is 0 Å². The van der Waals surface area contributed by atoms with Crippen LogP contribution in [0.2, 0.25) is 0 Å². The van der Waals surface area contributed by atoms with Crippen LogP contribution in [0.15, 0.2) is 47.1 Å². The van der Waals surface area contributed by atoms with Crippen molar-refractivity contribution in [3.63, 3.8) is 0 Å². The van der Waals surface area contributed by atoms with Crippen LogP contribution in [-0.2, 0) is 0 Å². The van der Waals surface area contributed by atoms with E-state index in [4.69, 9.17) is 10.3 Å². The number of nitrogen functional groups attached to an aromatic ring is 1. The van der Waals surface area contributed by atoms with E-state index in [1.807, 2.05) is 49.5 Å². The molecular formula is C16H13N5O. The molecule has 6 heteroatoms. The number of nitrogens with zero attached hydrogens (tertiary/aromatic N) is 3. The number of aryl methyl sites for hydroxylation is 1. The molecule has 0 spiro atoms. The first-order chi connectivity index (χ1) is 10.7. The highest BCUT2D eigenvalue weighted by atomic mass is 16.5. The summed E-state index contributed by atoms with van der Waals surface area (Å²) in [7, 11) is 0. The van der Waals surface area contributed by atoms with Crippen LogP contribution in [-0.4, -0.2) is 20.1 Å². The highest BCUT2D eigenvalue weighted by molar-refractivity contribution is 5.90. The number of rotatable bonds is 2. The Kier molecular flexibility index (Phi) is 2.69. The molecule has 6 nitrogen and oxygen atoms in total. The maximum absolute atomic E-state index is 6.02. The Morgan fingerprint density at radius 3 is 2.77 bits per heavy atom. The molecule has 0 amide bonds. The first-order valence-electron chi connectivity index (χ1n) is 6.86. The second kappa shape index (κ2) is 4.70. The van der Waals surface area contributed by atoms with Crippen LogP contribution >= 0.6 is 0 Å². The lowest BCUT2D eigenvalue weighted by atomic mass is 10.1. The number of nitrogens with one attached hydrogen (secondary N) is 1. The van der Waals surface area contributed by atoms with E-state index in [0.717, 1.165) is 22.2 Å². The number of nitrogens with two attached hydrogens (primary N) is 1. The van der Waals surface area contributed by atoms with E-state index in [9.17, 15) is 0 Å². The monoisotopic (exact) mass is 291 g/mol. The van der Waals surface area contributed by atoms with Crippen molar-refractivity contribution in [1.82, 2.24) is 20.1 Å². The standard InChI is InChI=1S/C16H13N5O/c1-9-8-18-16-13(9)14(17)19-15(20-16)12-7-11(21-22-12)10-5-3-2-4-6-10/h2-8H,1H3,(H3,17,18,19,20). The largest absolute Gasteiger partial charge is 0.383 e. The van der Waals surface area contributed by atoms with E-state index >= 15 is 0 Å². The van der Waals surface area contributed by atoms with E-state index < -0.39 is 0 Å². The van der Waals surface area contributed by atoms with Gasteiger partial charge in [0.1, 0.15) is 17.2 Å². The summed E-state index contributed by atoms with van der Waals surface area (Å²) >= 11 is 0. The third kappa shape index (κ3) is 1.93. The number of aromatic nitrogens is 4. The van der Waals surface area contributed by atoms with Gasteiger partial charge >= 0.3 is 0 Å². The summed E-state index contributed by atoms with van der Waals surface area (Å²) in [5.41, 5.74) is 9.44. The van der Waals surface area contributed by atoms with Gasteiger partial charge in [-0.1, -0.05) is 35.5 Å². The predicted octanol–water partition coefficient (Wildman–Crippen LogP) is 3.17. The second-order valence-electron chi connectivity index (χ2n) is 5.07. The molecule has 0 saturated heterocycles. The summed E-state index contributed by atoms with van der Waals surface area (Å²) in [4.78, 5) is 11.9. The summed E-state index contributed by atoms with van der Waals surface area (Å²) in [5.74, 6) is 1.33.